The lowest BCUT2D eigenvalue weighted by Crippen LogP contribution is -2.35. The Balaban J connectivity index is 1.27. The Hall–Kier alpha value is -3.88. The highest BCUT2D eigenvalue weighted by atomic mass is 16.7. The number of rotatable bonds is 7. The molecule has 0 aliphatic carbocycles. The van der Waals surface area contributed by atoms with Crippen molar-refractivity contribution in [1.82, 2.24) is 9.97 Å². The van der Waals surface area contributed by atoms with Gasteiger partial charge in [0.2, 0.25) is 18.4 Å². The number of fused-ring (bicyclic) bond motifs is 1. The molecular formula is C24H25N5O4. The standard InChI is InChI=1S/C24H25N5O4/c30-29(31)22-23(25-14-19-6-7-20-21(13-19)33-16-32-20)26-15-27-24(22)28-10-8-18(9-11-28)12-17-4-2-1-3-5-17/h1-7,13,15,18H,8-12,14,16H2,(H,25,26,27). The molecule has 1 N–H and O–H groups in total. The summed E-state index contributed by atoms with van der Waals surface area (Å²) in [5, 5.41) is 15.1. The van der Waals surface area contributed by atoms with E-state index in [1.165, 1.54) is 11.9 Å². The van der Waals surface area contributed by atoms with E-state index in [1.807, 2.05) is 29.2 Å². The van der Waals surface area contributed by atoms with Crippen LogP contribution in [0.15, 0.2) is 54.9 Å². The van der Waals surface area contributed by atoms with E-state index in [-0.39, 0.29) is 18.3 Å². The molecule has 0 unspecified atom stereocenters. The molecule has 1 aromatic heterocycles. The number of hydrogen-bond donors (Lipinski definition) is 1. The summed E-state index contributed by atoms with van der Waals surface area (Å²) >= 11 is 0. The van der Waals surface area contributed by atoms with E-state index < -0.39 is 4.92 Å². The first-order valence-corrected chi connectivity index (χ1v) is 11.1. The minimum atomic E-state index is -0.395. The third-order valence-electron chi connectivity index (χ3n) is 6.16. The van der Waals surface area contributed by atoms with Crippen LogP contribution in [-0.4, -0.2) is 34.8 Å². The predicted octanol–water partition coefficient (Wildman–Crippen LogP) is 4.18. The molecule has 3 heterocycles. The van der Waals surface area contributed by atoms with Crippen molar-refractivity contribution < 1.29 is 14.4 Å². The Morgan fingerprint density at radius 1 is 1.03 bits per heavy atom. The second-order valence-electron chi connectivity index (χ2n) is 8.31. The van der Waals surface area contributed by atoms with Gasteiger partial charge in [-0.15, -0.1) is 0 Å². The van der Waals surface area contributed by atoms with E-state index in [4.69, 9.17) is 9.47 Å². The molecule has 0 radical (unpaired) electrons. The van der Waals surface area contributed by atoms with Crippen LogP contribution >= 0.6 is 0 Å². The number of benzene rings is 2. The summed E-state index contributed by atoms with van der Waals surface area (Å²) in [7, 11) is 0. The van der Waals surface area contributed by atoms with E-state index in [2.05, 4.69) is 39.6 Å². The summed E-state index contributed by atoms with van der Waals surface area (Å²) in [6, 6.07) is 16.0. The quantitative estimate of drug-likeness (QED) is 0.425. The minimum absolute atomic E-state index is 0.0836. The highest BCUT2D eigenvalue weighted by Gasteiger charge is 2.30. The van der Waals surface area contributed by atoms with Crippen LogP contribution in [0.4, 0.5) is 17.3 Å². The maximum absolute atomic E-state index is 12.0. The normalized spacial score (nSPS) is 15.5. The van der Waals surface area contributed by atoms with Gasteiger partial charge < -0.3 is 19.7 Å². The number of aromatic nitrogens is 2. The number of anilines is 2. The zero-order chi connectivity index (χ0) is 22.6. The van der Waals surface area contributed by atoms with Gasteiger partial charge >= 0.3 is 5.69 Å². The lowest BCUT2D eigenvalue weighted by Gasteiger charge is -2.32. The number of ether oxygens (including phenoxy) is 2. The largest absolute Gasteiger partial charge is 0.454 e. The molecule has 3 aromatic rings. The Morgan fingerprint density at radius 3 is 2.61 bits per heavy atom. The SMILES string of the molecule is O=[N+]([O-])c1c(NCc2ccc3c(c2)OCO3)ncnc1N1CCC(Cc2ccccc2)CC1. The van der Waals surface area contributed by atoms with Crippen LogP contribution in [0, 0.1) is 16.0 Å². The summed E-state index contributed by atoms with van der Waals surface area (Å²) in [5.41, 5.74) is 2.16. The van der Waals surface area contributed by atoms with Gasteiger partial charge in [-0.2, -0.15) is 0 Å². The number of hydrogen-bond acceptors (Lipinski definition) is 8. The van der Waals surface area contributed by atoms with Crippen LogP contribution in [0.25, 0.3) is 0 Å². The molecule has 1 fully saturated rings. The third kappa shape index (κ3) is 4.67. The van der Waals surface area contributed by atoms with Gasteiger partial charge in [-0.3, -0.25) is 10.1 Å². The van der Waals surface area contributed by atoms with Crippen molar-refractivity contribution in [1.29, 1.82) is 0 Å². The van der Waals surface area contributed by atoms with Crippen LogP contribution in [0.3, 0.4) is 0 Å². The molecule has 2 aromatic carbocycles. The second-order valence-corrected chi connectivity index (χ2v) is 8.31. The Labute approximate surface area is 191 Å². The van der Waals surface area contributed by atoms with Gasteiger partial charge in [0.1, 0.15) is 6.33 Å². The molecule has 170 valence electrons. The van der Waals surface area contributed by atoms with E-state index in [0.717, 1.165) is 37.9 Å². The summed E-state index contributed by atoms with van der Waals surface area (Å²) in [6.45, 7) is 2.04. The average molecular weight is 447 g/mol. The van der Waals surface area contributed by atoms with Gasteiger partial charge in [0.05, 0.1) is 4.92 Å². The summed E-state index contributed by atoms with van der Waals surface area (Å²) < 4.78 is 10.7. The Morgan fingerprint density at radius 2 is 1.82 bits per heavy atom. The van der Waals surface area contributed by atoms with Crippen molar-refractivity contribution in [3.8, 4) is 11.5 Å². The zero-order valence-corrected chi connectivity index (χ0v) is 18.1. The fourth-order valence-electron chi connectivity index (χ4n) is 4.43. The molecule has 0 bridgehead atoms. The van der Waals surface area contributed by atoms with Gasteiger partial charge in [0, 0.05) is 19.6 Å². The van der Waals surface area contributed by atoms with Crippen LogP contribution in [0.1, 0.15) is 24.0 Å². The number of nitro groups is 1. The van der Waals surface area contributed by atoms with Crippen molar-refractivity contribution in [2.45, 2.75) is 25.8 Å². The monoisotopic (exact) mass is 447 g/mol. The fraction of sp³-hybridized carbons (Fsp3) is 0.333. The smallest absolute Gasteiger partial charge is 0.353 e. The van der Waals surface area contributed by atoms with Gasteiger partial charge in [-0.25, -0.2) is 9.97 Å². The van der Waals surface area contributed by atoms with E-state index in [0.29, 0.717) is 29.8 Å². The number of piperidine rings is 1. The molecule has 0 amide bonds. The predicted molar refractivity (Wildman–Crippen MR) is 124 cm³/mol. The maximum atomic E-state index is 12.0. The van der Waals surface area contributed by atoms with E-state index in [9.17, 15) is 10.1 Å². The van der Waals surface area contributed by atoms with Crippen LogP contribution < -0.4 is 19.7 Å². The number of nitrogens with one attached hydrogen (secondary N) is 1. The maximum Gasteiger partial charge on any atom is 0.353 e. The molecule has 33 heavy (non-hydrogen) atoms. The summed E-state index contributed by atoms with van der Waals surface area (Å²) in [4.78, 5) is 22.0. The van der Waals surface area contributed by atoms with E-state index >= 15 is 0 Å². The third-order valence-corrected chi connectivity index (χ3v) is 6.16. The first kappa shape index (κ1) is 21.0. The van der Waals surface area contributed by atoms with Crippen LogP contribution in [-0.2, 0) is 13.0 Å². The Kier molecular flexibility index (Phi) is 5.93. The second kappa shape index (κ2) is 9.32. The van der Waals surface area contributed by atoms with Crippen molar-refractivity contribution in [3.63, 3.8) is 0 Å². The topological polar surface area (TPSA) is 103 Å². The molecule has 9 heteroatoms. The average Bonchev–Trinajstić information content (AvgIpc) is 3.31. The van der Waals surface area contributed by atoms with Crippen molar-refractivity contribution in [2.24, 2.45) is 5.92 Å². The minimum Gasteiger partial charge on any atom is -0.454 e. The summed E-state index contributed by atoms with van der Waals surface area (Å²) in [5.74, 6) is 2.53. The molecule has 9 nitrogen and oxygen atoms in total. The first-order valence-electron chi connectivity index (χ1n) is 11.1. The zero-order valence-electron chi connectivity index (χ0n) is 18.1. The lowest BCUT2D eigenvalue weighted by atomic mass is 9.90. The summed E-state index contributed by atoms with van der Waals surface area (Å²) in [6.07, 6.45) is 4.36. The molecule has 0 atom stereocenters. The molecule has 2 aliphatic rings. The Bertz CT molecular complexity index is 1130. The van der Waals surface area contributed by atoms with Crippen molar-refractivity contribution >= 4 is 17.3 Å². The fourth-order valence-corrected chi connectivity index (χ4v) is 4.43. The van der Waals surface area contributed by atoms with Gasteiger partial charge in [0.25, 0.3) is 0 Å². The van der Waals surface area contributed by atoms with Crippen LogP contribution in [0.5, 0.6) is 11.5 Å². The van der Waals surface area contributed by atoms with Crippen molar-refractivity contribution in [3.05, 3.63) is 76.1 Å². The van der Waals surface area contributed by atoms with Crippen LogP contribution in [0.2, 0.25) is 0 Å². The molecule has 5 rings (SSSR count). The molecular weight excluding hydrogens is 422 g/mol. The molecule has 0 spiro atoms. The lowest BCUT2D eigenvalue weighted by molar-refractivity contribution is -0.383. The molecule has 2 aliphatic heterocycles. The highest BCUT2D eigenvalue weighted by Crippen LogP contribution is 2.36. The molecule has 1 saturated heterocycles. The van der Waals surface area contributed by atoms with Gasteiger partial charge in [0.15, 0.2) is 11.5 Å². The molecule has 0 saturated carbocycles. The first-order chi connectivity index (χ1) is 16.2. The van der Waals surface area contributed by atoms with Gasteiger partial charge in [-0.1, -0.05) is 36.4 Å². The van der Waals surface area contributed by atoms with Crippen molar-refractivity contribution in [2.75, 3.05) is 30.1 Å². The highest BCUT2D eigenvalue weighted by molar-refractivity contribution is 5.70. The van der Waals surface area contributed by atoms with Gasteiger partial charge in [-0.05, 0) is 48.4 Å². The number of nitrogens with zero attached hydrogens (tertiary/aromatic N) is 4. The van der Waals surface area contributed by atoms with E-state index in [1.54, 1.807) is 0 Å².